The van der Waals surface area contributed by atoms with Crippen molar-refractivity contribution < 1.29 is 39.8 Å². The quantitative estimate of drug-likeness (QED) is 0.421. The van der Waals surface area contributed by atoms with Gasteiger partial charge in [0.2, 0.25) is 0 Å². The average Bonchev–Trinajstić information content (AvgIpc) is 2.49. The van der Waals surface area contributed by atoms with Crippen LogP contribution >= 0.6 is 0 Å². The minimum absolute atomic E-state index is 0.0703. The van der Waals surface area contributed by atoms with Gasteiger partial charge in [0.1, 0.15) is 35.9 Å². The normalized spacial score (nSPS) is 33.8. The molecule has 3 rings (SSSR count). The van der Waals surface area contributed by atoms with Crippen molar-refractivity contribution in [1.29, 1.82) is 0 Å². The zero-order chi connectivity index (χ0) is 16.2. The number of rotatable bonds is 1. The summed E-state index contributed by atoms with van der Waals surface area (Å²) in [5.74, 6) is -1.47. The molecule has 0 radical (unpaired) electrons. The highest BCUT2D eigenvalue weighted by molar-refractivity contribution is 5.94. The number of esters is 1. The lowest BCUT2D eigenvalue weighted by Crippen LogP contribution is -2.58. The molecule has 0 spiro atoms. The Morgan fingerprint density at radius 3 is 2.55 bits per heavy atom. The molecule has 0 aliphatic carbocycles. The van der Waals surface area contributed by atoms with Crippen LogP contribution in [-0.2, 0) is 9.47 Å². The standard InChI is InChI=1S/C14H16O8/c1-4-6(16)2-5-8(9(4)17)12-13(22-14(5)20)11(19)10(18)7(3-15)21-12/h2,7,10-13,15-19H,3H2,1H3/t7?,10-,11+,12+,13-/m1/s1. The SMILES string of the molecule is Cc1c(O)cc2c(c1O)[C@@H]1OC(CO)[C@@H](O)[C@H](O)[C@H]1OC2=O. The van der Waals surface area contributed by atoms with E-state index in [0.29, 0.717) is 0 Å². The van der Waals surface area contributed by atoms with E-state index in [9.17, 15) is 30.3 Å². The van der Waals surface area contributed by atoms with Gasteiger partial charge >= 0.3 is 5.97 Å². The van der Waals surface area contributed by atoms with Crippen LogP contribution in [0.4, 0.5) is 0 Å². The van der Waals surface area contributed by atoms with Crippen molar-refractivity contribution in [3.05, 3.63) is 22.8 Å². The Morgan fingerprint density at radius 1 is 1.23 bits per heavy atom. The molecule has 5 atom stereocenters. The van der Waals surface area contributed by atoms with Crippen LogP contribution in [0.1, 0.15) is 27.6 Å². The number of phenolic OH excluding ortho intramolecular Hbond substituents is 2. The number of phenols is 2. The molecule has 22 heavy (non-hydrogen) atoms. The second kappa shape index (κ2) is 5.10. The number of carbonyl (C=O) groups excluding carboxylic acids is 1. The maximum Gasteiger partial charge on any atom is 0.339 e. The maximum atomic E-state index is 12.0. The molecule has 8 nitrogen and oxygen atoms in total. The van der Waals surface area contributed by atoms with E-state index in [4.69, 9.17) is 9.47 Å². The predicted molar refractivity (Wildman–Crippen MR) is 70.4 cm³/mol. The van der Waals surface area contributed by atoms with Gasteiger partial charge in [-0.1, -0.05) is 0 Å². The Kier molecular flexibility index (Phi) is 3.48. The van der Waals surface area contributed by atoms with Gasteiger partial charge in [-0.05, 0) is 13.0 Å². The zero-order valence-electron chi connectivity index (χ0n) is 11.6. The summed E-state index contributed by atoms with van der Waals surface area (Å²) in [5, 5.41) is 49.1. The van der Waals surface area contributed by atoms with E-state index in [1.165, 1.54) is 6.92 Å². The van der Waals surface area contributed by atoms with Gasteiger partial charge in [-0.15, -0.1) is 0 Å². The van der Waals surface area contributed by atoms with Crippen molar-refractivity contribution in [3.63, 3.8) is 0 Å². The lowest BCUT2D eigenvalue weighted by molar-refractivity contribution is -0.235. The van der Waals surface area contributed by atoms with Crippen molar-refractivity contribution in [3.8, 4) is 11.5 Å². The third-order valence-corrected chi connectivity index (χ3v) is 4.18. The van der Waals surface area contributed by atoms with E-state index in [1.807, 2.05) is 0 Å². The highest BCUT2D eigenvalue weighted by Gasteiger charge is 2.51. The first-order chi connectivity index (χ1) is 10.4. The van der Waals surface area contributed by atoms with Gasteiger partial charge in [0.25, 0.3) is 0 Å². The number of hydrogen-bond donors (Lipinski definition) is 5. The van der Waals surface area contributed by atoms with Crippen LogP contribution in [0.2, 0.25) is 0 Å². The number of aliphatic hydroxyl groups excluding tert-OH is 3. The fraction of sp³-hybridized carbons (Fsp3) is 0.500. The molecule has 0 bridgehead atoms. The molecule has 0 aromatic heterocycles. The molecule has 120 valence electrons. The van der Waals surface area contributed by atoms with Gasteiger partial charge in [0, 0.05) is 11.1 Å². The van der Waals surface area contributed by atoms with E-state index < -0.39 is 43.1 Å². The second-order valence-electron chi connectivity index (χ2n) is 5.46. The van der Waals surface area contributed by atoms with E-state index in [0.717, 1.165) is 6.07 Å². The lowest BCUT2D eigenvalue weighted by Gasteiger charge is -2.44. The Labute approximate surface area is 125 Å². The van der Waals surface area contributed by atoms with Crippen LogP contribution in [0.15, 0.2) is 6.07 Å². The van der Waals surface area contributed by atoms with Crippen molar-refractivity contribution in [1.82, 2.24) is 0 Å². The summed E-state index contributed by atoms with van der Waals surface area (Å²) in [4.78, 5) is 12.0. The number of carbonyl (C=O) groups is 1. The smallest absolute Gasteiger partial charge is 0.339 e. The second-order valence-corrected chi connectivity index (χ2v) is 5.46. The summed E-state index contributed by atoms with van der Waals surface area (Å²) < 4.78 is 10.6. The van der Waals surface area contributed by atoms with Crippen molar-refractivity contribution in [2.75, 3.05) is 6.61 Å². The summed E-state index contributed by atoms with van der Waals surface area (Å²) in [7, 11) is 0. The molecule has 1 aromatic carbocycles. The fourth-order valence-corrected chi connectivity index (χ4v) is 2.87. The zero-order valence-corrected chi connectivity index (χ0v) is 11.6. The monoisotopic (exact) mass is 312 g/mol. The number of ether oxygens (including phenoxy) is 2. The summed E-state index contributed by atoms with van der Waals surface area (Å²) in [6.45, 7) is 0.903. The topological polar surface area (TPSA) is 137 Å². The van der Waals surface area contributed by atoms with Crippen LogP contribution in [0.5, 0.6) is 11.5 Å². The highest BCUT2D eigenvalue weighted by atomic mass is 16.6. The van der Waals surface area contributed by atoms with Crippen LogP contribution in [0.25, 0.3) is 0 Å². The minimum Gasteiger partial charge on any atom is -0.508 e. The molecule has 2 heterocycles. The van der Waals surface area contributed by atoms with Crippen LogP contribution < -0.4 is 0 Å². The molecule has 5 N–H and O–H groups in total. The first kappa shape index (κ1) is 15.0. The van der Waals surface area contributed by atoms with Crippen LogP contribution in [0.3, 0.4) is 0 Å². The number of hydrogen-bond acceptors (Lipinski definition) is 8. The molecule has 0 amide bonds. The van der Waals surface area contributed by atoms with Gasteiger partial charge in [-0.2, -0.15) is 0 Å². The Bertz CT molecular complexity index is 628. The minimum atomic E-state index is -1.47. The van der Waals surface area contributed by atoms with E-state index in [2.05, 4.69) is 0 Å². The molecule has 1 aromatic rings. The summed E-state index contributed by atoms with van der Waals surface area (Å²) in [6, 6.07) is 1.15. The first-order valence-corrected chi connectivity index (χ1v) is 6.75. The van der Waals surface area contributed by atoms with E-state index in [-0.39, 0.29) is 28.2 Å². The molecule has 2 aliphatic heterocycles. The van der Waals surface area contributed by atoms with Crippen molar-refractivity contribution >= 4 is 5.97 Å². The van der Waals surface area contributed by atoms with Gasteiger partial charge in [-0.25, -0.2) is 4.79 Å². The Balaban J connectivity index is 2.15. The third kappa shape index (κ3) is 1.96. The Hall–Kier alpha value is -1.87. The molecule has 1 fully saturated rings. The molecule has 8 heteroatoms. The molecule has 1 saturated heterocycles. The summed E-state index contributed by atoms with van der Waals surface area (Å²) >= 11 is 0. The summed E-state index contributed by atoms with van der Waals surface area (Å²) in [6.07, 6.45) is -6.26. The third-order valence-electron chi connectivity index (χ3n) is 4.18. The molecule has 2 aliphatic rings. The lowest BCUT2D eigenvalue weighted by atomic mass is 9.85. The fourth-order valence-electron chi connectivity index (χ4n) is 2.87. The average molecular weight is 312 g/mol. The van der Waals surface area contributed by atoms with Gasteiger partial charge in [0.15, 0.2) is 6.10 Å². The van der Waals surface area contributed by atoms with E-state index >= 15 is 0 Å². The van der Waals surface area contributed by atoms with Crippen LogP contribution in [-0.4, -0.2) is 62.5 Å². The molecule has 0 saturated carbocycles. The number of benzene rings is 1. The molecule has 1 unspecified atom stereocenters. The highest BCUT2D eigenvalue weighted by Crippen LogP contribution is 2.46. The number of aliphatic hydroxyl groups is 3. The summed E-state index contributed by atoms with van der Waals surface area (Å²) in [5.41, 5.74) is 0.139. The van der Waals surface area contributed by atoms with Crippen molar-refractivity contribution in [2.24, 2.45) is 0 Å². The molecular formula is C14H16O8. The van der Waals surface area contributed by atoms with Crippen molar-refractivity contribution in [2.45, 2.75) is 37.4 Å². The first-order valence-electron chi connectivity index (χ1n) is 6.75. The Morgan fingerprint density at radius 2 is 1.91 bits per heavy atom. The molecular weight excluding hydrogens is 296 g/mol. The number of aromatic hydroxyl groups is 2. The van der Waals surface area contributed by atoms with Gasteiger partial charge in [0.05, 0.1) is 12.2 Å². The van der Waals surface area contributed by atoms with Gasteiger partial charge in [-0.3, -0.25) is 0 Å². The van der Waals surface area contributed by atoms with E-state index in [1.54, 1.807) is 0 Å². The maximum absolute atomic E-state index is 12.0. The predicted octanol–water partition coefficient (Wildman–Crippen LogP) is -0.901. The van der Waals surface area contributed by atoms with Crippen LogP contribution in [0, 0.1) is 6.92 Å². The van der Waals surface area contributed by atoms with Gasteiger partial charge < -0.3 is 35.0 Å². The number of fused-ring (bicyclic) bond motifs is 3. The largest absolute Gasteiger partial charge is 0.508 e.